The van der Waals surface area contributed by atoms with Crippen LogP contribution < -0.4 is 5.32 Å². The van der Waals surface area contributed by atoms with Gasteiger partial charge in [0, 0.05) is 18.6 Å². The first-order chi connectivity index (χ1) is 8.24. The van der Waals surface area contributed by atoms with Crippen LogP contribution in [0.1, 0.15) is 43.8 Å². The number of nitrogens with one attached hydrogen (secondary N) is 1. The fraction of sp³-hybridized carbons (Fsp3) is 0.769. The van der Waals surface area contributed by atoms with Crippen molar-refractivity contribution in [3.63, 3.8) is 0 Å². The zero-order chi connectivity index (χ0) is 12.1. The molecule has 0 bridgehead atoms. The van der Waals surface area contributed by atoms with Crippen molar-refractivity contribution in [2.45, 2.75) is 45.6 Å². The fourth-order valence-electron chi connectivity index (χ4n) is 2.61. The number of aromatic nitrogens is 1. The molecule has 0 spiro atoms. The predicted octanol–water partition coefficient (Wildman–Crippen LogP) is 2.02. The number of hydrogen-bond donors (Lipinski definition) is 2. The Labute approximate surface area is 102 Å². The molecule has 1 aliphatic rings. The van der Waals surface area contributed by atoms with Crippen LogP contribution in [0.15, 0.2) is 10.6 Å². The predicted molar refractivity (Wildman–Crippen MR) is 65.6 cm³/mol. The Morgan fingerprint density at radius 3 is 2.76 bits per heavy atom. The lowest BCUT2D eigenvalue weighted by molar-refractivity contribution is 0.0804. The Balaban J connectivity index is 1.79. The molecule has 4 heteroatoms. The van der Waals surface area contributed by atoms with Crippen molar-refractivity contribution in [2.24, 2.45) is 5.41 Å². The van der Waals surface area contributed by atoms with E-state index in [9.17, 15) is 5.11 Å². The highest BCUT2D eigenvalue weighted by molar-refractivity contribution is 4.91. The minimum Gasteiger partial charge on any atom is -0.445 e. The van der Waals surface area contributed by atoms with Gasteiger partial charge >= 0.3 is 0 Å². The Hall–Kier alpha value is -0.870. The van der Waals surface area contributed by atoms with Gasteiger partial charge in [0.1, 0.15) is 5.76 Å². The van der Waals surface area contributed by atoms with Crippen LogP contribution >= 0.6 is 0 Å². The molecule has 0 aliphatic heterocycles. The van der Waals surface area contributed by atoms with Gasteiger partial charge in [0.25, 0.3) is 0 Å². The van der Waals surface area contributed by atoms with Gasteiger partial charge in [-0.15, -0.1) is 0 Å². The topological polar surface area (TPSA) is 58.3 Å². The third-order valence-corrected chi connectivity index (χ3v) is 3.69. The lowest BCUT2D eigenvalue weighted by Crippen LogP contribution is -2.38. The fourth-order valence-corrected chi connectivity index (χ4v) is 2.61. The Kier molecular flexibility index (Phi) is 4.18. The van der Waals surface area contributed by atoms with Crippen LogP contribution in [-0.2, 0) is 6.54 Å². The summed E-state index contributed by atoms with van der Waals surface area (Å²) in [6, 6.07) is 0. The first-order valence-electron chi connectivity index (χ1n) is 6.47. The van der Waals surface area contributed by atoms with Crippen molar-refractivity contribution in [3.05, 3.63) is 17.8 Å². The molecule has 1 fully saturated rings. The summed E-state index contributed by atoms with van der Waals surface area (Å²) in [5.41, 5.74) is 0.0832. The summed E-state index contributed by atoms with van der Waals surface area (Å²) in [6.07, 6.45) is 7.77. The largest absolute Gasteiger partial charge is 0.445 e. The second kappa shape index (κ2) is 5.65. The molecule has 1 saturated carbocycles. The van der Waals surface area contributed by atoms with Crippen molar-refractivity contribution in [1.29, 1.82) is 0 Å². The molecular weight excluding hydrogens is 216 g/mol. The van der Waals surface area contributed by atoms with E-state index in [1.54, 1.807) is 6.20 Å². The molecule has 1 aromatic rings. The molecule has 2 N–H and O–H groups in total. The Morgan fingerprint density at radius 1 is 1.41 bits per heavy atom. The molecule has 0 unspecified atom stereocenters. The standard InChI is InChI=1S/C13H22N2O2/c1-11-7-15-12(17-11)8-14-9-13(10-16)5-3-2-4-6-13/h7,14,16H,2-6,8-10H2,1H3. The summed E-state index contributed by atoms with van der Waals surface area (Å²) in [5.74, 6) is 1.57. The summed E-state index contributed by atoms with van der Waals surface area (Å²) in [6.45, 7) is 3.68. The number of aliphatic hydroxyl groups is 1. The molecule has 0 aromatic carbocycles. The van der Waals surface area contributed by atoms with Crippen LogP contribution in [-0.4, -0.2) is 23.2 Å². The maximum absolute atomic E-state index is 9.56. The molecular formula is C13H22N2O2. The van der Waals surface area contributed by atoms with Gasteiger partial charge in [-0.3, -0.25) is 0 Å². The summed E-state index contributed by atoms with van der Waals surface area (Å²) in [5, 5.41) is 12.9. The molecule has 1 heterocycles. The quantitative estimate of drug-likeness (QED) is 0.824. The van der Waals surface area contributed by atoms with Gasteiger partial charge in [-0.1, -0.05) is 19.3 Å². The molecule has 0 radical (unpaired) electrons. The third-order valence-electron chi connectivity index (χ3n) is 3.69. The third kappa shape index (κ3) is 3.30. The number of hydrogen-bond acceptors (Lipinski definition) is 4. The second-order valence-electron chi connectivity index (χ2n) is 5.19. The van der Waals surface area contributed by atoms with E-state index in [-0.39, 0.29) is 12.0 Å². The molecule has 0 saturated heterocycles. The summed E-state index contributed by atoms with van der Waals surface area (Å²) in [7, 11) is 0. The molecule has 0 atom stereocenters. The van der Waals surface area contributed by atoms with E-state index in [1.807, 2.05) is 6.92 Å². The van der Waals surface area contributed by atoms with E-state index in [0.29, 0.717) is 6.54 Å². The molecule has 0 amide bonds. The van der Waals surface area contributed by atoms with Crippen molar-refractivity contribution >= 4 is 0 Å². The smallest absolute Gasteiger partial charge is 0.208 e. The van der Waals surface area contributed by atoms with Gasteiger partial charge in [-0.25, -0.2) is 4.98 Å². The first-order valence-corrected chi connectivity index (χ1v) is 6.47. The van der Waals surface area contributed by atoms with E-state index in [4.69, 9.17) is 4.42 Å². The zero-order valence-corrected chi connectivity index (χ0v) is 10.5. The minimum atomic E-state index is 0.0832. The van der Waals surface area contributed by atoms with Crippen molar-refractivity contribution in [1.82, 2.24) is 10.3 Å². The van der Waals surface area contributed by atoms with E-state index in [1.165, 1.54) is 19.3 Å². The van der Waals surface area contributed by atoms with Crippen LogP contribution in [0.4, 0.5) is 0 Å². The SMILES string of the molecule is Cc1cnc(CNCC2(CO)CCCCC2)o1. The Bertz CT molecular complexity index is 343. The van der Waals surface area contributed by atoms with Gasteiger partial charge in [-0.05, 0) is 19.8 Å². The number of nitrogens with zero attached hydrogens (tertiary/aromatic N) is 1. The van der Waals surface area contributed by atoms with Crippen LogP contribution in [0.2, 0.25) is 0 Å². The van der Waals surface area contributed by atoms with E-state index in [0.717, 1.165) is 31.0 Å². The van der Waals surface area contributed by atoms with Crippen molar-refractivity contribution in [3.8, 4) is 0 Å². The van der Waals surface area contributed by atoms with Gasteiger partial charge in [0.2, 0.25) is 5.89 Å². The zero-order valence-electron chi connectivity index (χ0n) is 10.5. The Morgan fingerprint density at radius 2 is 2.18 bits per heavy atom. The number of rotatable bonds is 5. The first kappa shape index (κ1) is 12.6. The van der Waals surface area contributed by atoms with E-state index < -0.39 is 0 Å². The number of aryl methyl sites for hydroxylation is 1. The van der Waals surface area contributed by atoms with Crippen LogP contribution in [0, 0.1) is 12.3 Å². The van der Waals surface area contributed by atoms with E-state index >= 15 is 0 Å². The molecule has 17 heavy (non-hydrogen) atoms. The van der Waals surface area contributed by atoms with E-state index in [2.05, 4.69) is 10.3 Å². The van der Waals surface area contributed by atoms with Crippen molar-refractivity contribution < 1.29 is 9.52 Å². The average molecular weight is 238 g/mol. The average Bonchev–Trinajstić information content (AvgIpc) is 2.76. The normalized spacial score (nSPS) is 19.4. The minimum absolute atomic E-state index is 0.0832. The van der Waals surface area contributed by atoms with Gasteiger partial charge < -0.3 is 14.8 Å². The highest BCUT2D eigenvalue weighted by Crippen LogP contribution is 2.35. The number of aliphatic hydroxyl groups excluding tert-OH is 1. The molecule has 1 aromatic heterocycles. The molecule has 1 aliphatic carbocycles. The maximum atomic E-state index is 9.56. The monoisotopic (exact) mass is 238 g/mol. The number of oxazole rings is 1. The highest BCUT2D eigenvalue weighted by atomic mass is 16.4. The molecule has 96 valence electrons. The second-order valence-corrected chi connectivity index (χ2v) is 5.19. The van der Waals surface area contributed by atoms with Gasteiger partial charge in [0.15, 0.2) is 0 Å². The summed E-state index contributed by atoms with van der Waals surface area (Å²) >= 11 is 0. The summed E-state index contributed by atoms with van der Waals surface area (Å²) in [4.78, 5) is 4.16. The van der Waals surface area contributed by atoms with Crippen LogP contribution in [0.25, 0.3) is 0 Å². The van der Waals surface area contributed by atoms with Crippen LogP contribution in [0.3, 0.4) is 0 Å². The van der Waals surface area contributed by atoms with Crippen LogP contribution in [0.5, 0.6) is 0 Å². The molecule has 2 rings (SSSR count). The van der Waals surface area contributed by atoms with Crippen molar-refractivity contribution in [2.75, 3.05) is 13.2 Å². The maximum Gasteiger partial charge on any atom is 0.208 e. The summed E-state index contributed by atoms with van der Waals surface area (Å²) < 4.78 is 5.40. The lowest BCUT2D eigenvalue weighted by Gasteiger charge is -2.35. The highest BCUT2D eigenvalue weighted by Gasteiger charge is 2.30. The molecule has 4 nitrogen and oxygen atoms in total. The van der Waals surface area contributed by atoms with Gasteiger partial charge in [-0.2, -0.15) is 0 Å². The van der Waals surface area contributed by atoms with Gasteiger partial charge in [0.05, 0.1) is 12.7 Å². The lowest BCUT2D eigenvalue weighted by atomic mass is 9.74.